The molecule has 0 heterocycles. The van der Waals surface area contributed by atoms with E-state index >= 15 is 0 Å². The Labute approximate surface area is 86.9 Å². The first-order valence-electron chi connectivity index (χ1n) is 5.05. The number of benzene rings is 1. The molecule has 0 nitrogen and oxygen atoms in total. The molecule has 0 saturated carbocycles. The molecule has 1 aromatic rings. The summed E-state index contributed by atoms with van der Waals surface area (Å²) in [5, 5.41) is 0.909. The molecule has 0 aromatic heterocycles. The van der Waals surface area contributed by atoms with Crippen molar-refractivity contribution < 1.29 is 0 Å². The van der Waals surface area contributed by atoms with Gasteiger partial charge < -0.3 is 0 Å². The Morgan fingerprint density at radius 1 is 1.08 bits per heavy atom. The van der Waals surface area contributed by atoms with Crippen LogP contribution in [0.15, 0.2) is 18.2 Å². The molecule has 1 aromatic carbocycles. The number of aryl methyl sites for hydroxylation is 2. The topological polar surface area (TPSA) is 0 Å². The summed E-state index contributed by atoms with van der Waals surface area (Å²) in [5.41, 5.74) is 2.55. The summed E-state index contributed by atoms with van der Waals surface area (Å²) in [5.74, 6) is 0. The average molecular weight is 199 g/mol. The molecule has 0 aliphatic carbocycles. The van der Waals surface area contributed by atoms with E-state index in [0.29, 0.717) is 0 Å². The zero-order valence-corrected chi connectivity index (χ0v) is 9.78. The van der Waals surface area contributed by atoms with Gasteiger partial charge in [-0.2, -0.15) is 0 Å². The van der Waals surface area contributed by atoms with Crippen molar-refractivity contribution in [3.05, 3.63) is 34.3 Å². The van der Waals surface area contributed by atoms with Crippen molar-refractivity contribution in [2.75, 3.05) is 0 Å². The summed E-state index contributed by atoms with van der Waals surface area (Å²) in [6, 6.07) is 6.31. The standard InChI is InChI=1S/C10H13Cl.C2H6/c1-3-8-5-6-9(4-2)10(11)7-8;1-2/h5-7H,3-4H2,1-2H3;1-2H3. The normalized spacial score (nSPS) is 9.00. The lowest BCUT2D eigenvalue weighted by atomic mass is 10.1. The minimum Gasteiger partial charge on any atom is -0.0840 e. The lowest BCUT2D eigenvalue weighted by molar-refractivity contribution is 1.10. The fourth-order valence-corrected chi connectivity index (χ4v) is 1.43. The molecule has 1 heteroatoms. The molecule has 0 aliphatic heterocycles. The Balaban J connectivity index is 0.000000671. The van der Waals surface area contributed by atoms with Crippen LogP contribution in [0.3, 0.4) is 0 Å². The molecule has 0 radical (unpaired) electrons. The van der Waals surface area contributed by atoms with Gasteiger partial charge in [-0.1, -0.05) is 51.4 Å². The van der Waals surface area contributed by atoms with Gasteiger partial charge in [0.25, 0.3) is 0 Å². The summed E-state index contributed by atoms with van der Waals surface area (Å²) in [6.45, 7) is 8.25. The number of rotatable bonds is 2. The highest BCUT2D eigenvalue weighted by atomic mass is 35.5. The van der Waals surface area contributed by atoms with Crippen molar-refractivity contribution in [1.29, 1.82) is 0 Å². The fourth-order valence-electron chi connectivity index (χ4n) is 1.10. The van der Waals surface area contributed by atoms with Gasteiger partial charge in [0, 0.05) is 5.02 Å². The summed E-state index contributed by atoms with van der Waals surface area (Å²) in [6.07, 6.45) is 2.08. The van der Waals surface area contributed by atoms with Gasteiger partial charge in [0.15, 0.2) is 0 Å². The third-order valence-electron chi connectivity index (χ3n) is 1.91. The molecule has 0 N–H and O–H groups in total. The van der Waals surface area contributed by atoms with E-state index in [4.69, 9.17) is 11.6 Å². The molecule has 13 heavy (non-hydrogen) atoms. The van der Waals surface area contributed by atoms with Gasteiger partial charge in [0.2, 0.25) is 0 Å². The minimum absolute atomic E-state index is 0.909. The van der Waals surface area contributed by atoms with Crippen molar-refractivity contribution >= 4 is 11.6 Å². The van der Waals surface area contributed by atoms with E-state index in [1.54, 1.807) is 0 Å². The van der Waals surface area contributed by atoms with E-state index in [0.717, 1.165) is 17.9 Å². The van der Waals surface area contributed by atoms with Crippen LogP contribution in [0.5, 0.6) is 0 Å². The van der Waals surface area contributed by atoms with E-state index in [1.807, 2.05) is 13.8 Å². The molecule has 0 fully saturated rings. The molecule has 0 unspecified atom stereocenters. The Morgan fingerprint density at radius 3 is 2.08 bits per heavy atom. The third-order valence-corrected chi connectivity index (χ3v) is 2.26. The Kier molecular flexibility index (Phi) is 6.70. The van der Waals surface area contributed by atoms with Crippen molar-refractivity contribution in [3.8, 4) is 0 Å². The monoisotopic (exact) mass is 198 g/mol. The number of hydrogen-bond donors (Lipinski definition) is 0. The number of hydrogen-bond acceptors (Lipinski definition) is 0. The van der Waals surface area contributed by atoms with Gasteiger partial charge in [0.05, 0.1) is 0 Å². The zero-order valence-electron chi connectivity index (χ0n) is 9.02. The van der Waals surface area contributed by atoms with Crippen LogP contribution >= 0.6 is 11.6 Å². The zero-order chi connectivity index (χ0) is 10.3. The molecule has 0 bridgehead atoms. The predicted molar refractivity (Wildman–Crippen MR) is 61.6 cm³/mol. The van der Waals surface area contributed by atoms with Crippen LogP contribution in [-0.2, 0) is 12.8 Å². The maximum absolute atomic E-state index is 6.01. The molecular formula is C12H19Cl. The second kappa shape index (κ2) is 6.97. The van der Waals surface area contributed by atoms with Gasteiger partial charge >= 0.3 is 0 Å². The maximum Gasteiger partial charge on any atom is 0.0440 e. The summed E-state index contributed by atoms with van der Waals surface area (Å²) in [7, 11) is 0. The second-order valence-corrected chi connectivity index (χ2v) is 3.04. The fraction of sp³-hybridized carbons (Fsp3) is 0.500. The minimum atomic E-state index is 0.909. The van der Waals surface area contributed by atoms with Crippen LogP contribution in [0.1, 0.15) is 38.8 Å². The highest BCUT2D eigenvalue weighted by Gasteiger charge is 1.97. The average Bonchev–Trinajstić information content (AvgIpc) is 2.20. The van der Waals surface area contributed by atoms with E-state index in [1.165, 1.54) is 11.1 Å². The summed E-state index contributed by atoms with van der Waals surface area (Å²) in [4.78, 5) is 0. The Hall–Kier alpha value is -0.490. The summed E-state index contributed by atoms with van der Waals surface area (Å²) >= 11 is 6.01. The first kappa shape index (κ1) is 12.5. The lowest BCUT2D eigenvalue weighted by Gasteiger charge is -2.02. The molecular weight excluding hydrogens is 180 g/mol. The largest absolute Gasteiger partial charge is 0.0840 e. The molecule has 0 amide bonds. The molecule has 0 saturated heterocycles. The van der Waals surface area contributed by atoms with Crippen molar-refractivity contribution in [3.63, 3.8) is 0 Å². The van der Waals surface area contributed by atoms with Crippen LogP contribution in [0.4, 0.5) is 0 Å². The van der Waals surface area contributed by atoms with E-state index < -0.39 is 0 Å². The van der Waals surface area contributed by atoms with E-state index in [9.17, 15) is 0 Å². The van der Waals surface area contributed by atoms with Gasteiger partial charge in [-0.25, -0.2) is 0 Å². The van der Waals surface area contributed by atoms with Crippen molar-refractivity contribution in [2.24, 2.45) is 0 Å². The highest BCUT2D eigenvalue weighted by molar-refractivity contribution is 6.31. The maximum atomic E-state index is 6.01. The first-order chi connectivity index (χ1) is 6.27. The van der Waals surface area contributed by atoms with E-state index in [2.05, 4.69) is 32.0 Å². The van der Waals surface area contributed by atoms with Gasteiger partial charge in [0.1, 0.15) is 0 Å². The van der Waals surface area contributed by atoms with Crippen LogP contribution in [0, 0.1) is 0 Å². The van der Waals surface area contributed by atoms with Crippen LogP contribution in [-0.4, -0.2) is 0 Å². The molecule has 0 spiro atoms. The van der Waals surface area contributed by atoms with E-state index in [-0.39, 0.29) is 0 Å². The van der Waals surface area contributed by atoms with Gasteiger partial charge in [-0.3, -0.25) is 0 Å². The second-order valence-electron chi connectivity index (χ2n) is 2.63. The molecule has 0 atom stereocenters. The molecule has 1 rings (SSSR count). The van der Waals surface area contributed by atoms with Gasteiger partial charge in [-0.15, -0.1) is 0 Å². The smallest absolute Gasteiger partial charge is 0.0440 e. The number of halogens is 1. The third kappa shape index (κ3) is 3.82. The SMILES string of the molecule is CC.CCc1ccc(CC)c(Cl)c1. The predicted octanol–water partition coefficient (Wildman–Crippen LogP) is 4.49. The quantitative estimate of drug-likeness (QED) is 0.657. The highest BCUT2D eigenvalue weighted by Crippen LogP contribution is 2.18. The summed E-state index contributed by atoms with van der Waals surface area (Å²) < 4.78 is 0. The Morgan fingerprint density at radius 2 is 1.69 bits per heavy atom. The molecule has 74 valence electrons. The first-order valence-corrected chi connectivity index (χ1v) is 5.43. The van der Waals surface area contributed by atoms with Crippen LogP contribution in [0.2, 0.25) is 5.02 Å². The lowest BCUT2D eigenvalue weighted by Crippen LogP contribution is -1.85. The van der Waals surface area contributed by atoms with Crippen molar-refractivity contribution in [2.45, 2.75) is 40.5 Å². The molecule has 0 aliphatic rings. The van der Waals surface area contributed by atoms with Crippen LogP contribution < -0.4 is 0 Å². The van der Waals surface area contributed by atoms with Gasteiger partial charge in [-0.05, 0) is 30.0 Å². The van der Waals surface area contributed by atoms with Crippen molar-refractivity contribution in [1.82, 2.24) is 0 Å². The Bertz CT molecular complexity index is 241. The van der Waals surface area contributed by atoms with Crippen LogP contribution in [0.25, 0.3) is 0 Å².